The van der Waals surface area contributed by atoms with Crippen molar-refractivity contribution in [3.8, 4) is 0 Å². The third-order valence-electron chi connectivity index (χ3n) is 6.25. The molecule has 27 heavy (non-hydrogen) atoms. The highest BCUT2D eigenvalue weighted by molar-refractivity contribution is 5.89. The molecule has 146 valence electrons. The standard InChI is InChI=1S/C21H30N4O2/c26-20-13-17(15-25(20)18-6-2-3-7-18)21(27)23-14-16-8-9-22-19(12-16)24-10-4-1-5-11-24/h8-9,12,17-18H,1-7,10-11,13-15H2,(H,23,27). The highest BCUT2D eigenvalue weighted by atomic mass is 16.2. The van der Waals surface area contributed by atoms with Crippen molar-refractivity contribution in [2.75, 3.05) is 24.5 Å². The maximum absolute atomic E-state index is 12.6. The fourth-order valence-corrected chi connectivity index (χ4v) is 4.68. The molecular formula is C21H30N4O2. The van der Waals surface area contributed by atoms with Crippen LogP contribution in [0, 0.1) is 5.92 Å². The first-order valence-electron chi connectivity index (χ1n) is 10.5. The third kappa shape index (κ3) is 4.25. The highest BCUT2D eigenvalue weighted by Gasteiger charge is 2.38. The molecule has 3 fully saturated rings. The molecule has 6 heteroatoms. The Morgan fingerprint density at radius 2 is 1.93 bits per heavy atom. The summed E-state index contributed by atoms with van der Waals surface area (Å²) in [4.78, 5) is 33.7. The molecule has 0 aromatic carbocycles. The minimum atomic E-state index is -0.207. The van der Waals surface area contributed by atoms with E-state index >= 15 is 0 Å². The normalized spacial score (nSPS) is 23.9. The quantitative estimate of drug-likeness (QED) is 0.865. The van der Waals surface area contributed by atoms with Crippen LogP contribution in [-0.4, -0.2) is 47.4 Å². The number of carbonyl (C=O) groups excluding carboxylic acids is 2. The third-order valence-corrected chi connectivity index (χ3v) is 6.25. The van der Waals surface area contributed by atoms with E-state index in [1.807, 2.05) is 17.2 Å². The molecule has 0 bridgehead atoms. The molecule has 6 nitrogen and oxygen atoms in total. The van der Waals surface area contributed by atoms with Crippen molar-refractivity contribution in [2.45, 2.75) is 64.0 Å². The number of anilines is 1. The Morgan fingerprint density at radius 1 is 1.15 bits per heavy atom. The molecule has 2 aliphatic heterocycles. The summed E-state index contributed by atoms with van der Waals surface area (Å²) in [5.74, 6) is 0.949. The van der Waals surface area contributed by atoms with E-state index in [-0.39, 0.29) is 17.7 Å². The number of aromatic nitrogens is 1. The van der Waals surface area contributed by atoms with Crippen molar-refractivity contribution in [1.29, 1.82) is 0 Å². The van der Waals surface area contributed by atoms with Gasteiger partial charge in [0.15, 0.2) is 0 Å². The number of carbonyl (C=O) groups is 2. The van der Waals surface area contributed by atoms with Gasteiger partial charge in [0.05, 0.1) is 5.92 Å². The zero-order valence-corrected chi connectivity index (χ0v) is 16.0. The number of rotatable bonds is 5. The van der Waals surface area contributed by atoms with E-state index in [1.54, 1.807) is 0 Å². The summed E-state index contributed by atoms with van der Waals surface area (Å²) in [5.41, 5.74) is 1.07. The van der Waals surface area contributed by atoms with Gasteiger partial charge >= 0.3 is 0 Å². The summed E-state index contributed by atoms with van der Waals surface area (Å²) in [5, 5.41) is 3.04. The van der Waals surface area contributed by atoms with Crippen LogP contribution in [0.2, 0.25) is 0 Å². The first kappa shape index (κ1) is 18.3. The van der Waals surface area contributed by atoms with E-state index in [1.165, 1.54) is 32.1 Å². The summed E-state index contributed by atoms with van der Waals surface area (Å²) >= 11 is 0. The van der Waals surface area contributed by atoms with Gasteiger partial charge in [0.1, 0.15) is 5.82 Å². The Bertz CT molecular complexity index is 681. The summed E-state index contributed by atoms with van der Waals surface area (Å²) in [6, 6.07) is 4.40. The summed E-state index contributed by atoms with van der Waals surface area (Å²) in [7, 11) is 0. The van der Waals surface area contributed by atoms with E-state index in [0.29, 0.717) is 25.6 Å². The van der Waals surface area contributed by atoms with Crippen LogP contribution in [0.5, 0.6) is 0 Å². The predicted octanol–water partition coefficient (Wildman–Crippen LogP) is 2.48. The first-order valence-corrected chi connectivity index (χ1v) is 10.5. The number of pyridine rings is 1. The molecule has 4 rings (SSSR count). The van der Waals surface area contributed by atoms with Gasteiger partial charge in [-0.15, -0.1) is 0 Å². The van der Waals surface area contributed by atoms with Gasteiger partial charge in [0.25, 0.3) is 0 Å². The molecule has 0 radical (unpaired) electrons. The molecule has 3 heterocycles. The van der Waals surface area contributed by atoms with Gasteiger partial charge in [0.2, 0.25) is 11.8 Å². The lowest BCUT2D eigenvalue weighted by molar-refractivity contribution is -0.130. The SMILES string of the molecule is O=C(NCc1ccnc(N2CCCCC2)c1)C1CC(=O)N(C2CCCC2)C1. The molecule has 2 amide bonds. The average molecular weight is 370 g/mol. The summed E-state index contributed by atoms with van der Waals surface area (Å²) in [6.07, 6.45) is 10.5. The number of hydrogen-bond acceptors (Lipinski definition) is 4. The van der Waals surface area contributed by atoms with Gasteiger partial charge in [-0.1, -0.05) is 12.8 Å². The number of nitrogens with zero attached hydrogens (tertiary/aromatic N) is 3. The number of piperidine rings is 1. The Hall–Kier alpha value is -2.11. The maximum Gasteiger partial charge on any atom is 0.225 e. The molecule has 3 aliphatic rings. The van der Waals surface area contributed by atoms with E-state index in [0.717, 1.165) is 37.3 Å². The molecular weight excluding hydrogens is 340 g/mol. The van der Waals surface area contributed by atoms with Crippen LogP contribution in [0.25, 0.3) is 0 Å². The van der Waals surface area contributed by atoms with Crippen molar-refractivity contribution in [3.05, 3.63) is 23.9 Å². The van der Waals surface area contributed by atoms with E-state index < -0.39 is 0 Å². The van der Waals surface area contributed by atoms with Gasteiger partial charge in [0, 0.05) is 44.8 Å². The molecule has 1 N–H and O–H groups in total. The second-order valence-electron chi connectivity index (χ2n) is 8.17. The lowest BCUT2D eigenvalue weighted by atomic mass is 10.1. The molecule has 1 saturated carbocycles. The minimum absolute atomic E-state index is 0.000168. The number of nitrogens with one attached hydrogen (secondary N) is 1. The van der Waals surface area contributed by atoms with Gasteiger partial charge in [-0.2, -0.15) is 0 Å². The van der Waals surface area contributed by atoms with Crippen LogP contribution in [0.1, 0.15) is 56.9 Å². The molecule has 1 aromatic rings. The Labute approximate surface area is 161 Å². The van der Waals surface area contributed by atoms with Gasteiger partial charge < -0.3 is 15.1 Å². The Kier molecular flexibility index (Phi) is 5.60. The van der Waals surface area contributed by atoms with E-state index in [4.69, 9.17) is 0 Å². The van der Waals surface area contributed by atoms with Crippen LogP contribution in [0.3, 0.4) is 0 Å². The second kappa shape index (κ2) is 8.28. The van der Waals surface area contributed by atoms with Crippen LogP contribution >= 0.6 is 0 Å². The maximum atomic E-state index is 12.6. The fourth-order valence-electron chi connectivity index (χ4n) is 4.68. The summed E-state index contributed by atoms with van der Waals surface area (Å²) < 4.78 is 0. The minimum Gasteiger partial charge on any atom is -0.357 e. The number of amides is 2. The lowest BCUT2D eigenvalue weighted by Gasteiger charge is -2.28. The molecule has 1 aliphatic carbocycles. The van der Waals surface area contributed by atoms with Crippen LogP contribution < -0.4 is 10.2 Å². The van der Waals surface area contributed by atoms with Crippen LogP contribution in [0.4, 0.5) is 5.82 Å². The fraction of sp³-hybridized carbons (Fsp3) is 0.667. The van der Waals surface area contributed by atoms with E-state index in [2.05, 4.69) is 21.3 Å². The smallest absolute Gasteiger partial charge is 0.225 e. The molecule has 2 saturated heterocycles. The largest absolute Gasteiger partial charge is 0.357 e. The van der Waals surface area contributed by atoms with Crippen molar-refractivity contribution >= 4 is 17.6 Å². The predicted molar refractivity (Wildman–Crippen MR) is 104 cm³/mol. The zero-order valence-electron chi connectivity index (χ0n) is 16.0. The lowest BCUT2D eigenvalue weighted by Crippen LogP contribution is -2.36. The first-order chi connectivity index (χ1) is 13.2. The second-order valence-corrected chi connectivity index (χ2v) is 8.17. The van der Waals surface area contributed by atoms with Crippen molar-refractivity contribution < 1.29 is 9.59 Å². The van der Waals surface area contributed by atoms with Crippen molar-refractivity contribution in [3.63, 3.8) is 0 Å². The van der Waals surface area contributed by atoms with E-state index in [9.17, 15) is 9.59 Å². The van der Waals surface area contributed by atoms with Gasteiger partial charge in [-0.3, -0.25) is 9.59 Å². The van der Waals surface area contributed by atoms with Crippen LogP contribution in [0.15, 0.2) is 18.3 Å². The number of likely N-dealkylation sites (tertiary alicyclic amines) is 1. The topological polar surface area (TPSA) is 65.5 Å². The molecule has 1 unspecified atom stereocenters. The Morgan fingerprint density at radius 3 is 2.70 bits per heavy atom. The van der Waals surface area contributed by atoms with Gasteiger partial charge in [-0.25, -0.2) is 4.98 Å². The zero-order chi connectivity index (χ0) is 18.6. The Balaban J connectivity index is 1.31. The van der Waals surface area contributed by atoms with Crippen molar-refractivity contribution in [2.24, 2.45) is 5.92 Å². The molecule has 1 atom stereocenters. The van der Waals surface area contributed by atoms with Crippen molar-refractivity contribution in [1.82, 2.24) is 15.2 Å². The van der Waals surface area contributed by atoms with Gasteiger partial charge in [-0.05, 0) is 49.8 Å². The molecule has 1 aromatic heterocycles. The molecule has 0 spiro atoms. The van der Waals surface area contributed by atoms with Crippen LogP contribution in [-0.2, 0) is 16.1 Å². The average Bonchev–Trinajstić information content (AvgIpc) is 3.36. The highest BCUT2D eigenvalue weighted by Crippen LogP contribution is 2.29. The number of hydrogen-bond donors (Lipinski definition) is 1. The monoisotopic (exact) mass is 370 g/mol. The summed E-state index contributed by atoms with van der Waals surface area (Å²) in [6.45, 7) is 3.20.